The Morgan fingerprint density at radius 1 is 1.29 bits per heavy atom. The topological polar surface area (TPSA) is 55.3 Å². The highest BCUT2D eigenvalue weighted by atomic mass is 16.5. The first-order valence-electron chi connectivity index (χ1n) is 6.69. The van der Waals surface area contributed by atoms with E-state index in [1.54, 1.807) is 27.4 Å². The number of methoxy groups -OCH3 is 1. The molecular formula is C16H19N3O2. The van der Waals surface area contributed by atoms with E-state index in [9.17, 15) is 4.79 Å². The van der Waals surface area contributed by atoms with Crippen molar-refractivity contribution in [1.82, 2.24) is 14.9 Å². The van der Waals surface area contributed by atoms with E-state index in [1.807, 2.05) is 31.2 Å². The van der Waals surface area contributed by atoms with Gasteiger partial charge in [0, 0.05) is 26.8 Å². The summed E-state index contributed by atoms with van der Waals surface area (Å²) >= 11 is 0. The van der Waals surface area contributed by atoms with E-state index in [0.717, 1.165) is 11.1 Å². The number of carbonyl (C=O) groups is 1. The van der Waals surface area contributed by atoms with Crippen molar-refractivity contribution in [2.45, 2.75) is 13.0 Å². The maximum absolute atomic E-state index is 12.0. The summed E-state index contributed by atoms with van der Waals surface area (Å²) < 4.78 is 5.32. The van der Waals surface area contributed by atoms with Gasteiger partial charge >= 0.3 is 0 Å². The van der Waals surface area contributed by atoms with Gasteiger partial charge in [-0.05, 0) is 18.6 Å². The largest absolute Gasteiger partial charge is 0.377 e. The van der Waals surface area contributed by atoms with Gasteiger partial charge in [-0.2, -0.15) is 0 Å². The van der Waals surface area contributed by atoms with Gasteiger partial charge in [-0.1, -0.05) is 18.2 Å². The molecule has 0 aliphatic carbocycles. The summed E-state index contributed by atoms with van der Waals surface area (Å²) in [5, 5.41) is 0. The Hall–Kier alpha value is -2.27. The van der Waals surface area contributed by atoms with Crippen LogP contribution in [-0.4, -0.2) is 42.0 Å². The number of hydrogen-bond donors (Lipinski definition) is 0. The van der Waals surface area contributed by atoms with Crippen molar-refractivity contribution in [1.29, 1.82) is 0 Å². The predicted octanol–water partition coefficient (Wildman–Crippen LogP) is 2.55. The zero-order valence-corrected chi connectivity index (χ0v) is 12.7. The molecule has 1 atom stereocenters. The Balaban J connectivity index is 2.38. The molecule has 2 aromatic rings. The number of amides is 1. The highest BCUT2D eigenvalue weighted by molar-refractivity contribution is 5.92. The van der Waals surface area contributed by atoms with Gasteiger partial charge in [0.25, 0.3) is 5.91 Å². The van der Waals surface area contributed by atoms with Gasteiger partial charge in [-0.15, -0.1) is 0 Å². The van der Waals surface area contributed by atoms with Gasteiger partial charge in [0.1, 0.15) is 5.69 Å². The Morgan fingerprint density at radius 3 is 2.71 bits per heavy atom. The summed E-state index contributed by atoms with van der Waals surface area (Å²) in [6.45, 7) is 1.98. The molecule has 1 aromatic heterocycles. The molecule has 2 rings (SSSR count). The second-order valence-electron chi connectivity index (χ2n) is 4.99. The summed E-state index contributed by atoms with van der Waals surface area (Å²) in [4.78, 5) is 22.0. The minimum atomic E-state index is -0.161. The lowest BCUT2D eigenvalue weighted by Crippen LogP contribution is -2.23. The molecule has 21 heavy (non-hydrogen) atoms. The van der Waals surface area contributed by atoms with E-state index in [0.29, 0.717) is 11.4 Å². The fraction of sp³-hybridized carbons (Fsp3) is 0.312. The van der Waals surface area contributed by atoms with Gasteiger partial charge in [0.15, 0.2) is 0 Å². The van der Waals surface area contributed by atoms with Crippen LogP contribution in [0.1, 0.15) is 29.1 Å². The van der Waals surface area contributed by atoms with Crippen LogP contribution in [-0.2, 0) is 4.74 Å². The molecule has 5 nitrogen and oxygen atoms in total. The molecule has 0 N–H and O–H groups in total. The Bertz CT molecular complexity index is 641. The molecule has 0 bridgehead atoms. The normalized spacial score (nSPS) is 12.0. The number of nitrogens with zero attached hydrogens (tertiary/aromatic N) is 3. The summed E-state index contributed by atoms with van der Waals surface area (Å²) in [5.41, 5.74) is 2.98. The number of rotatable bonds is 4. The molecule has 1 aromatic carbocycles. The third-order valence-corrected chi connectivity index (χ3v) is 3.27. The molecule has 0 spiro atoms. The Kier molecular flexibility index (Phi) is 4.65. The molecule has 5 heteroatoms. The van der Waals surface area contributed by atoms with Crippen LogP contribution in [0.5, 0.6) is 0 Å². The maximum Gasteiger partial charge on any atom is 0.273 e. The molecule has 0 radical (unpaired) electrons. The van der Waals surface area contributed by atoms with Crippen LogP contribution >= 0.6 is 0 Å². The van der Waals surface area contributed by atoms with Crippen molar-refractivity contribution >= 4 is 5.91 Å². The number of aromatic nitrogens is 2. The van der Waals surface area contributed by atoms with E-state index in [-0.39, 0.29) is 12.0 Å². The number of carbonyl (C=O) groups excluding carboxylic acids is 1. The monoisotopic (exact) mass is 285 g/mol. The van der Waals surface area contributed by atoms with E-state index in [4.69, 9.17) is 4.74 Å². The van der Waals surface area contributed by atoms with Crippen molar-refractivity contribution in [3.63, 3.8) is 0 Å². The first-order chi connectivity index (χ1) is 10.0. The Morgan fingerprint density at radius 2 is 2.05 bits per heavy atom. The average molecular weight is 285 g/mol. The van der Waals surface area contributed by atoms with Crippen LogP contribution < -0.4 is 0 Å². The minimum Gasteiger partial charge on any atom is -0.377 e. The molecule has 0 fully saturated rings. The van der Waals surface area contributed by atoms with Gasteiger partial charge in [0.05, 0.1) is 24.2 Å². The van der Waals surface area contributed by atoms with Gasteiger partial charge in [-0.3, -0.25) is 9.78 Å². The minimum absolute atomic E-state index is 0.00417. The second kappa shape index (κ2) is 6.45. The lowest BCUT2D eigenvalue weighted by molar-refractivity contribution is 0.0821. The van der Waals surface area contributed by atoms with Crippen LogP contribution in [0.3, 0.4) is 0 Å². The average Bonchev–Trinajstić information content (AvgIpc) is 2.53. The molecule has 0 aliphatic heterocycles. The van der Waals surface area contributed by atoms with E-state index >= 15 is 0 Å². The fourth-order valence-electron chi connectivity index (χ4n) is 1.92. The standard InChI is InChI=1S/C16H19N3O2/c1-11(21-4)12-6-5-7-13(8-12)14-9-17-10-15(18-14)16(20)19(2)3/h5-11H,1-4H3/t11-/m1/s1. The van der Waals surface area contributed by atoms with Crippen LogP contribution in [0.4, 0.5) is 0 Å². The van der Waals surface area contributed by atoms with E-state index in [1.165, 1.54) is 11.1 Å². The van der Waals surface area contributed by atoms with Gasteiger partial charge in [0.2, 0.25) is 0 Å². The first kappa shape index (κ1) is 15.1. The lowest BCUT2D eigenvalue weighted by atomic mass is 10.1. The van der Waals surface area contributed by atoms with Crippen LogP contribution in [0, 0.1) is 0 Å². The Labute approximate surface area is 124 Å². The van der Waals surface area contributed by atoms with Crippen molar-refractivity contribution < 1.29 is 9.53 Å². The zero-order chi connectivity index (χ0) is 15.4. The van der Waals surface area contributed by atoms with Crippen molar-refractivity contribution in [3.05, 3.63) is 47.9 Å². The highest BCUT2D eigenvalue weighted by Gasteiger charge is 2.12. The molecule has 110 valence electrons. The summed E-state index contributed by atoms with van der Waals surface area (Å²) in [6.07, 6.45) is 3.14. The predicted molar refractivity (Wildman–Crippen MR) is 80.9 cm³/mol. The third-order valence-electron chi connectivity index (χ3n) is 3.27. The van der Waals surface area contributed by atoms with Crippen molar-refractivity contribution in [2.75, 3.05) is 21.2 Å². The van der Waals surface area contributed by atoms with Crippen LogP contribution in [0.2, 0.25) is 0 Å². The summed E-state index contributed by atoms with van der Waals surface area (Å²) in [7, 11) is 5.06. The van der Waals surface area contributed by atoms with Crippen LogP contribution in [0.15, 0.2) is 36.7 Å². The summed E-state index contributed by atoms with van der Waals surface area (Å²) in [6, 6.07) is 7.89. The molecule has 0 saturated heterocycles. The third kappa shape index (κ3) is 3.44. The number of hydrogen-bond acceptors (Lipinski definition) is 4. The lowest BCUT2D eigenvalue weighted by Gasteiger charge is -2.12. The number of ether oxygens (including phenoxy) is 1. The first-order valence-corrected chi connectivity index (χ1v) is 6.69. The van der Waals surface area contributed by atoms with E-state index in [2.05, 4.69) is 9.97 Å². The van der Waals surface area contributed by atoms with Gasteiger partial charge in [-0.25, -0.2) is 4.98 Å². The maximum atomic E-state index is 12.0. The smallest absolute Gasteiger partial charge is 0.273 e. The zero-order valence-electron chi connectivity index (χ0n) is 12.7. The SMILES string of the molecule is CO[C@H](C)c1cccc(-c2cncc(C(=O)N(C)C)n2)c1. The second-order valence-corrected chi connectivity index (χ2v) is 4.99. The summed E-state index contributed by atoms with van der Waals surface area (Å²) in [5.74, 6) is -0.161. The van der Waals surface area contributed by atoms with E-state index < -0.39 is 0 Å². The molecule has 1 heterocycles. The molecule has 1 amide bonds. The van der Waals surface area contributed by atoms with Crippen molar-refractivity contribution in [3.8, 4) is 11.3 Å². The highest BCUT2D eigenvalue weighted by Crippen LogP contribution is 2.23. The van der Waals surface area contributed by atoms with Crippen molar-refractivity contribution in [2.24, 2.45) is 0 Å². The molecular weight excluding hydrogens is 266 g/mol. The number of benzene rings is 1. The molecule has 0 unspecified atom stereocenters. The fourth-order valence-corrected chi connectivity index (χ4v) is 1.92. The quantitative estimate of drug-likeness (QED) is 0.866. The van der Waals surface area contributed by atoms with Crippen LogP contribution in [0.25, 0.3) is 11.3 Å². The molecule has 0 aliphatic rings. The molecule has 0 saturated carbocycles. The van der Waals surface area contributed by atoms with Gasteiger partial charge < -0.3 is 9.64 Å².